The summed E-state index contributed by atoms with van der Waals surface area (Å²) in [5.74, 6) is 0. The molecule has 0 aromatic carbocycles. The number of rotatable bonds is 2. The summed E-state index contributed by atoms with van der Waals surface area (Å²) in [4.78, 5) is 8.65. The maximum Gasteiger partial charge on any atom is 0.185 e. The Labute approximate surface area is 94.5 Å². The lowest BCUT2D eigenvalue weighted by molar-refractivity contribution is 0.682. The van der Waals surface area contributed by atoms with Gasteiger partial charge in [-0.3, -0.25) is 0 Å². The van der Waals surface area contributed by atoms with Crippen molar-refractivity contribution in [3.63, 3.8) is 0 Å². The highest BCUT2D eigenvalue weighted by atomic mass is 32.1. The van der Waals surface area contributed by atoms with E-state index in [1.807, 2.05) is 11.3 Å². The summed E-state index contributed by atoms with van der Waals surface area (Å²) in [5.41, 5.74) is 1.37. The van der Waals surface area contributed by atoms with Gasteiger partial charge >= 0.3 is 0 Å². The zero-order valence-electron chi connectivity index (χ0n) is 9.12. The number of hydrogen-bond donors (Lipinski definition) is 1. The largest absolute Gasteiger partial charge is 0.347 e. The van der Waals surface area contributed by atoms with Gasteiger partial charge in [0.25, 0.3) is 0 Å². The molecule has 4 heteroatoms. The number of nitrogens with one attached hydrogen (secondary N) is 1. The van der Waals surface area contributed by atoms with Crippen LogP contribution in [0, 0.1) is 0 Å². The van der Waals surface area contributed by atoms with Crippen LogP contribution in [0.2, 0.25) is 0 Å². The van der Waals surface area contributed by atoms with Crippen molar-refractivity contribution < 1.29 is 0 Å². The minimum atomic E-state index is 0.649. The van der Waals surface area contributed by atoms with E-state index < -0.39 is 0 Å². The lowest BCUT2D eigenvalue weighted by atomic mass is 10.2. The fourth-order valence-electron chi connectivity index (χ4n) is 2.45. The highest BCUT2D eigenvalue weighted by molar-refractivity contribution is 7.15. The summed E-state index contributed by atoms with van der Waals surface area (Å²) >= 11 is 1.90. The van der Waals surface area contributed by atoms with Gasteiger partial charge in [-0.15, -0.1) is 11.3 Å². The number of aromatic nitrogens is 1. The van der Waals surface area contributed by atoms with Crippen molar-refractivity contribution in [3.8, 4) is 0 Å². The Kier molecular flexibility index (Phi) is 2.41. The summed E-state index contributed by atoms with van der Waals surface area (Å²) in [6.45, 7) is 2.26. The smallest absolute Gasteiger partial charge is 0.185 e. The third-order valence-corrected chi connectivity index (χ3v) is 4.72. The minimum absolute atomic E-state index is 0.649. The lowest BCUT2D eigenvalue weighted by Crippen LogP contribution is -2.33. The minimum Gasteiger partial charge on any atom is -0.347 e. The van der Waals surface area contributed by atoms with Crippen molar-refractivity contribution in [2.75, 3.05) is 25.0 Å². The SMILES string of the molecule is CN(c1nc2c(s1)CCC2)C1CCNC1. The topological polar surface area (TPSA) is 28.2 Å². The Hall–Kier alpha value is -0.610. The maximum atomic E-state index is 4.75. The van der Waals surface area contributed by atoms with E-state index >= 15 is 0 Å². The van der Waals surface area contributed by atoms with E-state index in [9.17, 15) is 0 Å². The van der Waals surface area contributed by atoms with E-state index in [1.54, 1.807) is 0 Å². The van der Waals surface area contributed by atoms with Gasteiger partial charge in [-0.2, -0.15) is 0 Å². The van der Waals surface area contributed by atoms with E-state index in [0.717, 1.165) is 13.1 Å². The average molecular weight is 223 g/mol. The summed E-state index contributed by atoms with van der Waals surface area (Å²) in [6.07, 6.45) is 5.01. The van der Waals surface area contributed by atoms with Gasteiger partial charge in [0.15, 0.2) is 5.13 Å². The van der Waals surface area contributed by atoms with Gasteiger partial charge in [0.1, 0.15) is 0 Å². The van der Waals surface area contributed by atoms with Crippen LogP contribution >= 0.6 is 11.3 Å². The van der Waals surface area contributed by atoms with Gasteiger partial charge in [-0.25, -0.2) is 4.98 Å². The van der Waals surface area contributed by atoms with E-state index in [1.165, 1.54) is 41.4 Å². The average Bonchev–Trinajstić information content (AvgIpc) is 2.92. The molecule has 2 heterocycles. The first-order valence-electron chi connectivity index (χ1n) is 5.77. The molecule has 82 valence electrons. The van der Waals surface area contributed by atoms with Crippen molar-refractivity contribution in [1.29, 1.82) is 0 Å². The van der Waals surface area contributed by atoms with Gasteiger partial charge in [0.05, 0.1) is 5.69 Å². The van der Waals surface area contributed by atoms with Crippen LogP contribution in [0.1, 0.15) is 23.4 Å². The number of fused-ring (bicyclic) bond motifs is 1. The van der Waals surface area contributed by atoms with Crippen molar-refractivity contribution >= 4 is 16.5 Å². The molecule has 0 bridgehead atoms. The summed E-state index contributed by atoms with van der Waals surface area (Å²) in [5, 5.41) is 4.64. The fourth-order valence-corrected chi connectivity index (χ4v) is 3.63. The van der Waals surface area contributed by atoms with Crippen LogP contribution in [-0.4, -0.2) is 31.2 Å². The molecule has 1 saturated heterocycles. The molecule has 1 aliphatic carbocycles. The van der Waals surface area contributed by atoms with Crippen molar-refractivity contribution in [2.45, 2.75) is 31.7 Å². The normalized spacial score (nSPS) is 24.5. The number of likely N-dealkylation sites (N-methyl/N-ethyl adjacent to an activating group) is 1. The van der Waals surface area contributed by atoms with Crippen LogP contribution in [0.25, 0.3) is 0 Å². The molecule has 0 spiro atoms. The van der Waals surface area contributed by atoms with Gasteiger partial charge in [-0.05, 0) is 32.2 Å². The first kappa shape index (κ1) is 9.60. The second-order valence-electron chi connectivity index (χ2n) is 4.48. The first-order chi connectivity index (χ1) is 7.34. The Bertz CT molecular complexity index is 333. The second-order valence-corrected chi connectivity index (χ2v) is 5.54. The highest BCUT2D eigenvalue weighted by Crippen LogP contribution is 2.33. The first-order valence-corrected chi connectivity index (χ1v) is 6.58. The lowest BCUT2D eigenvalue weighted by Gasteiger charge is -2.22. The Balaban J connectivity index is 1.79. The molecule has 1 unspecified atom stereocenters. The van der Waals surface area contributed by atoms with Gasteiger partial charge in [0, 0.05) is 24.5 Å². The number of thiazole rings is 1. The molecular weight excluding hydrogens is 206 g/mol. The standard InChI is InChI=1S/C11H17N3S/c1-14(8-5-6-12-7-8)11-13-9-3-2-4-10(9)15-11/h8,12H,2-7H2,1H3. The van der Waals surface area contributed by atoms with Crippen LogP contribution < -0.4 is 10.2 Å². The monoisotopic (exact) mass is 223 g/mol. The molecule has 0 saturated carbocycles. The van der Waals surface area contributed by atoms with Crippen LogP contribution in [0.15, 0.2) is 0 Å². The van der Waals surface area contributed by atoms with E-state index in [-0.39, 0.29) is 0 Å². The zero-order valence-corrected chi connectivity index (χ0v) is 9.94. The van der Waals surface area contributed by atoms with Gasteiger partial charge in [-0.1, -0.05) is 0 Å². The van der Waals surface area contributed by atoms with Crippen molar-refractivity contribution in [3.05, 3.63) is 10.6 Å². The molecule has 2 aliphatic rings. The van der Waals surface area contributed by atoms with E-state index in [4.69, 9.17) is 4.98 Å². The summed E-state index contributed by atoms with van der Waals surface area (Å²) in [6, 6.07) is 0.649. The quantitative estimate of drug-likeness (QED) is 0.822. The number of anilines is 1. The molecule has 1 aliphatic heterocycles. The Morgan fingerprint density at radius 2 is 2.40 bits per heavy atom. The number of hydrogen-bond acceptors (Lipinski definition) is 4. The van der Waals surface area contributed by atoms with Gasteiger partial charge < -0.3 is 10.2 Å². The predicted octanol–water partition coefficient (Wildman–Crippen LogP) is 1.43. The van der Waals surface area contributed by atoms with E-state index in [2.05, 4.69) is 17.3 Å². The van der Waals surface area contributed by atoms with E-state index in [0.29, 0.717) is 6.04 Å². The van der Waals surface area contributed by atoms with Crippen LogP contribution in [0.5, 0.6) is 0 Å². The third-order valence-electron chi connectivity index (χ3n) is 3.47. The highest BCUT2D eigenvalue weighted by Gasteiger charge is 2.24. The fraction of sp³-hybridized carbons (Fsp3) is 0.727. The van der Waals surface area contributed by atoms with Crippen molar-refractivity contribution in [2.24, 2.45) is 0 Å². The maximum absolute atomic E-state index is 4.75. The number of aryl methyl sites for hydroxylation is 2. The number of nitrogens with zero attached hydrogens (tertiary/aromatic N) is 2. The molecule has 15 heavy (non-hydrogen) atoms. The molecular formula is C11H17N3S. The molecule has 0 radical (unpaired) electrons. The molecule has 1 N–H and O–H groups in total. The second kappa shape index (κ2) is 3.76. The zero-order chi connectivity index (χ0) is 10.3. The molecule has 1 aromatic rings. The molecule has 3 rings (SSSR count). The third kappa shape index (κ3) is 1.66. The van der Waals surface area contributed by atoms with Gasteiger partial charge in [0.2, 0.25) is 0 Å². The van der Waals surface area contributed by atoms with Crippen LogP contribution in [0.3, 0.4) is 0 Å². The summed E-state index contributed by atoms with van der Waals surface area (Å²) in [7, 11) is 2.19. The molecule has 3 nitrogen and oxygen atoms in total. The molecule has 1 atom stereocenters. The Morgan fingerprint density at radius 1 is 1.47 bits per heavy atom. The molecule has 1 aromatic heterocycles. The predicted molar refractivity (Wildman–Crippen MR) is 63.8 cm³/mol. The van der Waals surface area contributed by atoms with Crippen molar-refractivity contribution in [1.82, 2.24) is 10.3 Å². The summed E-state index contributed by atoms with van der Waals surface area (Å²) < 4.78 is 0. The Morgan fingerprint density at radius 3 is 3.13 bits per heavy atom. The molecule has 0 amide bonds. The van der Waals surface area contributed by atoms with Crippen LogP contribution in [0.4, 0.5) is 5.13 Å². The molecule has 1 fully saturated rings. The van der Waals surface area contributed by atoms with Crippen LogP contribution in [-0.2, 0) is 12.8 Å².